The van der Waals surface area contributed by atoms with Crippen LogP contribution >= 0.6 is 0 Å². The van der Waals surface area contributed by atoms with E-state index in [2.05, 4.69) is 0 Å². The highest BCUT2D eigenvalue weighted by Crippen LogP contribution is 2.17. The summed E-state index contributed by atoms with van der Waals surface area (Å²) in [5, 5.41) is 0. The lowest BCUT2D eigenvalue weighted by Gasteiger charge is -2.34. The lowest BCUT2D eigenvalue weighted by molar-refractivity contribution is -0.185. The van der Waals surface area contributed by atoms with Crippen molar-refractivity contribution in [2.24, 2.45) is 0 Å². The summed E-state index contributed by atoms with van der Waals surface area (Å²) in [7, 11) is 5.87. The third-order valence-corrected chi connectivity index (χ3v) is 3.00. The lowest BCUT2D eigenvalue weighted by Crippen LogP contribution is -2.51. The van der Waals surface area contributed by atoms with Crippen LogP contribution in [0.25, 0.3) is 0 Å². The Balaban J connectivity index is 5.12. The fraction of sp³-hybridized carbons (Fsp3) is 0.857. The molecule has 0 spiro atoms. The molecule has 0 aromatic rings. The second-order valence-electron chi connectivity index (χ2n) is 4.58. The smallest absolute Gasteiger partial charge is 0.303 e. The minimum atomic E-state index is -0.688. The van der Waals surface area contributed by atoms with Crippen molar-refractivity contribution in [3.05, 3.63) is 0 Å². The van der Waals surface area contributed by atoms with Crippen molar-refractivity contribution in [2.75, 3.05) is 41.7 Å². The van der Waals surface area contributed by atoms with E-state index in [1.807, 2.05) is 0 Å². The Morgan fingerprint density at radius 1 is 0.773 bits per heavy atom. The molecule has 0 fully saturated rings. The van der Waals surface area contributed by atoms with Gasteiger partial charge in [-0.25, -0.2) is 0 Å². The maximum absolute atomic E-state index is 11.2. The van der Waals surface area contributed by atoms with Gasteiger partial charge in [0.1, 0.15) is 24.9 Å². The van der Waals surface area contributed by atoms with Crippen LogP contribution in [0.2, 0.25) is 0 Å². The molecule has 0 unspecified atom stereocenters. The molecule has 0 rings (SSSR count). The first kappa shape index (κ1) is 20.8. The SMILES string of the molecule is COC[C@@H](OC(C)=O)[C@@H](OC)[C@H](OC)[C@@H](COC(C)=O)OC. The second kappa shape index (κ2) is 11.4. The summed E-state index contributed by atoms with van der Waals surface area (Å²) in [6, 6.07) is 0. The van der Waals surface area contributed by atoms with E-state index >= 15 is 0 Å². The first-order chi connectivity index (χ1) is 10.4. The Morgan fingerprint density at radius 3 is 1.68 bits per heavy atom. The largest absolute Gasteiger partial charge is 0.463 e. The molecule has 8 heteroatoms. The Kier molecular flexibility index (Phi) is 10.7. The quantitative estimate of drug-likeness (QED) is 0.497. The molecule has 0 aromatic carbocycles. The minimum Gasteiger partial charge on any atom is -0.463 e. The highest BCUT2D eigenvalue weighted by atomic mass is 16.6. The number of hydrogen-bond donors (Lipinski definition) is 0. The van der Waals surface area contributed by atoms with E-state index in [0.29, 0.717) is 0 Å². The van der Waals surface area contributed by atoms with Crippen molar-refractivity contribution in [2.45, 2.75) is 38.3 Å². The first-order valence-electron chi connectivity index (χ1n) is 6.79. The predicted molar refractivity (Wildman–Crippen MR) is 76.5 cm³/mol. The van der Waals surface area contributed by atoms with Crippen LogP contribution in [0.4, 0.5) is 0 Å². The van der Waals surface area contributed by atoms with Crippen molar-refractivity contribution < 1.29 is 38.0 Å². The molecule has 22 heavy (non-hydrogen) atoms. The van der Waals surface area contributed by atoms with Gasteiger partial charge in [0.15, 0.2) is 6.10 Å². The highest BCUT2D eigenvalue weighted by molar-refractivity contribution is 5.66. The summed E-state index contributed by atoms with van der Waals surface area (Å²) in [4.78, 5) is 22.2. The standard InChI is InChI=1S/C14H26O8/c1-9(15)21-8-11(18-4)13(19-5)14(20-6)12(7-17-3)22-10(2)16/h11-14H,7-8H2,1-6H3/t11-,12-,13-,14-/m1/s1. The molecule has 0 aromatic heterocycles. The molecule has 0 heterocycles. The minimum absolute atomic E-state index is 0.00995. The summed E-state index contributed by atoms with van der Waals surface area (Å²) in [5.74, 6) is -0.896. The van der Waals surface area contributed by atoms with E-state index < -0.39 is 36.4 Å². The van der Waals surface area contributed by atoms with Gasteiger partial charge in [-0.3, -0.25) is 9.59 Å². The number of ether oxygens (including phenoxy) is 6. The molecule has 8 nitrogen and oxygen atoms in total. The van der Waals surface area contributed by atoms with Gasteiger partial charge in [0, 0.05) is 42.3 Å². The number of carbonyl (C=O) groups excluding carboxylic acids is 2. The van der Waals surface area contributed by atoms with Crippen molar-refractivity contribution in [1.29, 1.82) is 0 Å². The third-order valence-electron chi connectivity index (χ3n) is 3.00. The Bertz CT molecular complexity index is 333. The van der Waals surface area contributed by atoms with Gasteiger partial charge in [-0.2, -0.15) is 0 Å². The zero-order chi connectivity index (χ0) is 17.1. The Morgan fingerprint density at radius 2 is 1.32 bits per heavy atom. The molecule has 0 aliphatic heterocycles. The summed E-state index contributed by atoms with van der Waals surface area (Å²) in [6.45, 7) is 2.71. The Labute approximate surface area is 130 Å². The van der Waals surface area contributed by atoms with Gasteiger partial charge in [-0.05, 0) is 0 Å². The fourth-order valence-electron chi connectivity index (χ4n) is 2.06. The van der Waals surface area contributed by atoms with E-state index in [0.717, 1.165) is 0 Å². The van der Waals surface area contributed by atoms with Crippen molar-refractivity contribution in [3.63, 3.8) is 0 Å². The maximum Gasteiger partial charge on any atom is 0.303 e. The second-order valence-corrected chi connectivity index (χ2v) is 4.58. The van der Waals surface area contributed by atoms with Crippen LogP contribution in [0.15, 0.2) is 0 Å². The molecule has 0 saturated carbocycles. The van der Waals surface area contributed by atoms with E-state index in [9.17, 15) is 9.59 Å². The van der Waals surface area contributed by atoms with Gasteiger partial charge in [0.2, 0.25) is 0 Å². The van der Waals surface area contributed by atoms with Crippen LogP contribution < -0.4 is 0 Å². The van der Waals surface area contributed by atoms with Crippen molar-refractivity contribution in [1.82, 2.24) is 0 Å². The number of methoxy groups -OCH3 is 4. The fourth-order valence-corrected chi connectivity index (χ4v) is 2.06. The summed E-state index contributed by atoms with van der Waals surface area (Å²) in [5.41, 5.74) is 0. The molecule has 0 bridgehead atoms. The molecule has 0 N–H and O–H groups in total. The summed E-state index contributed by atoms with van der Waals surface area (Å²) in [6.07, 6.45) is -2.57. The van der Waals surface area contributed by atoms with E-state index in [1.54, 1.807) is 0 Å². The monoisotopic (exact) mass is 322 g/mol. The molecule has 0 aliphatic carbocycles. The maximum atomic E-state index is 11.2. The summed E-state index contributed by atoms with van der Waals surface area (Å²) < 4.78 is 31.3. The number of rotatable bonds is 11. The lowest BCUT2D eigenvalue weighted by atomic mass is 10.0. The van der Waals surface area contributed by atoms with Gasteiger partial charge in [0.05, 0.1) is 6.61 Å². The molecule has 0 saturated heterocycles. The Hall–Kier alpha value is -1.22. The van der Waals surface area contributed by atoms with Crippen LogP contribution in [-0.2, 0) is 38.0 Å². The van der Waals surface area contributed by atoms with E-state index in [1.165, 1.54) is 42.3 Å². The molecule has 130 valence electrons. The molecular weight excluding hydrogens is 296 g/mol. The predicted octanol–water partition coefficient (Wildman–Crippen LogP) is 0.173. The number of carbonyl (C=O) groups is 2. The van der Waals surface area contributed by atoms with Crippen LogP contribution in [0.3, 0.4) is 0 Å². The van der Waals surface area contributed by atoms with Crippen molar-refractivity contribution in [3.8, 4) is 0 Å². The van der Waals surface area contributed by atoms with Gasteiger partial charge < -0.3 is 28.4 Å². The van der Waals surface area contributed by atoms with Gasteiger partial charge in [0.25, 0.3) is 0 Å². The van der Waals surface area contributed by atoms with Crippen LogP contribution in [0.5, 0.6) is 0 Å². The third kappa shape index (κ3) is 7.17. The molecule has 0 aliphatic rings. The van der Waals surface area contributed by atoms with Crippen molar-refractivity contribution >= 4 is 11.9 Å². The zero-order valence-corrected chi connectivity index (χ0v) is 14.0. The van der Waals surface area contributed by atoms with Crippen LogP contribution in [0, 0.1) is 0 Å². The topological polar surface area (TPSA) is 89.5 Å². The number of esters is 2. The highest BCUT2D eigenvalue weighted by Gasteiger charge is 2.38. The average Bonchev–Trinajstić information content (AvgIpc) is 2.45. The van der Waals surface area contributed by atoms with E-state index in [4.69, 9.17) is 28.4 Å². The average molecular weight is 322 g/mol. The van der Waals surface area contributed by atoms with Crippen LogP contribution in [0.1, 0.15) is 13.8 Å². The summed E-state index contributed by atoms with van der Waals surface area (Å²) >= 11 is 0. The molecule has 4 atom stereocenters. The molecule has 0 radical (unpaired) electrons. The van der Waals surface area contributed by atoms with Crippen LogP contribution in [-0.4, -0.2) is 78.0 Å². The number of hydrogen-bond acceptors (Lipinski definition) is 8. The van der Waals surface area contributed by atoms with E-state index in [-0.39, 0.29) is 13.2 Å². The molecular formula is C14H26O8. The normalized spacial score (nSPS) is 16.5. The zero-order valence-electron chi connectivity index (χ0n) is 14.0. The molecule has 0 amide bonds. The first-order valence-corrected chi connectivity index (χ1v) is 6.79. The van der Waals surface area contributed by atoms with Gasteiger partial charge in [-0.1, -0.05) is 0 Å². The van der Waals surface area contributed by atoms with Gasteiger partial charge >= 0.3 is 11.9 Å². The van der Waals surface area contributed by atoms with Gasteiger partial charge in [-0.15, -0.1) is 0 Å².